The van der Waals surface area contributed by atoms with Gasteiger partial charge >= 0.3 is 0 Å². The molecule has 3 nitrogen and oxygen atoms in total. The molecule has 1 heterocycles. The molecule has 0 aliphatic heterocycles. The number of rotatable bonds is 2. The summed E-state index contributed by atoms with van der Waals surface area (Å²) in [6.45, 7) is 2.37. The average Bonchev–Trinajstić information content (AvgIpc) is 2.34. The normalized spacial score (nSPS) is 9.88. The lowest BCUT2D eigenvalue weighted by molar-refractivity contribution is 0.751. The molecule has 0 aliphatic carbocycles. The summed E-state index contributed by atoms with van der Waals surface area (Å²) < 4.78 is 1.57. The highest BCUT2D eigenvalue weighted by molar-refractivity contribution is 5.30. The Morgan fingerprint density at radius 2 is 2.00 bits per heavy atom. The number of nitriles is 1. The van der Waals surface area contributed by atoms with Crippen LogP contribution >= 0.6 is 0 Å². The lowest BCUT2D eigenvalue weighted by Crippen LogP contribution is -2.22. The van der Waals surface area contributed by atoms with Crippen LogP contribution in [0.15, 0.2) is 47.4 Å². The monoisotopic (exact) mass is 224 g/mol. The first-order valence-electron chi connectivity index (χ1n) is 5.36. The van der Waals surface area contributed by atoms with E-state index in [2.05, 4.69) is 0 Å². The van der Waals surface area contributed by atoms with Crippen LogP contribution in [0.3, 0.4) is 0 Å². The van der Waals surface area contributed by atoms with Gasteiger partial charge in [-0.05, 0) is 24.1 Å². The van der Waals surface area contributed by atoms with Gasteiger partial charge in [-0.15, -0.1) is 0 Å². The second-order valence-electron chi connectivity index (χ2n) is 3.96. The van der Waals surface area contributed by atoms with Crippen molar-refractivity contribution in [1.82, 2.24) is 4.57 Å². The van der Waals surface area contributed by atoms with Crippen LogP contribution in [-0.4, -0.2) is 4.57 Å². The summed E-state index contributed by atoms with van der Waals surface area (Å²) in [6, 6.07) is 13.3. The van der Waals surface area contributed by atoms with Crippen molar-refractivity contribution in [2.75, 3.05) is 0 Å². The van der Waals surface area contributed by atoms with Crippen molar-refractivity contribution >= 4 is 0 Å². The molecule has 1 aromatic heterocycles. The predicted molar refractivity (Wildman–Crippen MR) is 65.7 cm³/mol. The minimum Gasteiger partial charge on any atom is -0.310 e. The molecule has 3 heteroatoms. The molecular formula is C14H12N2O. The highest BCUT2D eigenvalue weighted by Gasteiger charge is 2.04. The minimum atomic E-state index is -0.234. The van der Waals surface area contributed by atoms with Crippen molar-refractivity contribution in [3.05, 3.63) is 69.6 Å². The Morgan fingerprint density at radius 1 is 1.29 bits per heavy atom. The Balaban J connectivity index is 2.44. The number of pyridine rings is 1. The van der Waals surface area contributed by atoms with Gasteiger partial charge in [0, 0.05) is 6.20 Å². The first kappa shape index (κ1) is 11.2. The SMILES string of the molecule is Cc1cc(C#N)c(=O)n(Cc2ccccc2)c1. The summed E-state index contributed by atoms with van der Waals surface area (Å²) in [4.78, 5) is 11.9. The molecule has 0 radical (unpaired) electrons. The van der Waals surface area contributed by atoms with E-state index in [1.54, 1.807) is 16.8 Å². The Kier molecular flexibility index (Phi) is 3.06. The van der Waals surface area contributed by atoms with Crippen molar-refractivity contribution in [3.63, 3.8) is 0 Å². The van der Waals surface area contributed by atoms with Crippen LogP contribution in [0, 0.1) is 18.3 Å². The van der Waals surface area contributed by atoms with E-state index >= 15 is 0 Å². The molecule has 0 spiro atoms. The molecule has 0 amide bonds. The Bertz CT molecular complexity index is 621. The van der Waals surface area contributed by atoms with Crippen LogP contribution in [0.25, 0.3) is 0 Å². The smallest absolute Gasteiger partial charge is 0.268 e. The zero-order chi connectivity index (χ0) is 12.3. The van der Waals surface area contributed by atoms with E-state index in [1.165, 1.54) is 0 Å². The van der Waals surface area contributed by atoms with Crippen LogP contribution in [-0.2, 0) is 6.54 Å². The highest BCUT2D eigenvalue weighted by atomic mass is 16.1. The summed E-state index contributed by atoms with van der Waals surface area (Å²) in [5, 5.41) is 8.87. The standard InChI is InChI=1S/C14H12N2O/c1-11-7-13(8-15)14(17)16(9-11)10-12-5-3-2-4-6-12/h2-7,9H,10H2,1H3. The van der Waals surface area contributed by atoms with Crippen molar-refractivity contribution in [3.8, 4) is 6.07 Å². The van der Waals surface area contributed by atoms with E-state index in [0.717, 1.165) is 11.1 Å². The average molecular weight is 224 g/mol. The van der Waals surface area contributed by atoms with E-state index in [1.807, 2.05) is 43.3 Å². The van der Waals surface area contributed by atoms with Crippen molar-refractivity contribution in [2.24, 2.45) is 0 Å². The second-order valence-corrected chi connectivity index (χ2v) is 3.96. The van der Waals surface area contributed by atoms with Gasteiger partial charge < -0.3 is 4.57 Å². The van der Waals surface area contributed by atoms with Gasteiger partial charge in [-0.1, -0.05) is 30.3 Å². The third-order valence-electron chi connectivity index (χ3n) is 2.54. The molecule has 0 saturated heterocycles. The van der Waals surface area contributed by atoms with Crippen molar-refractivity contribution in [2.45, 2.75) is 13.5 Å². The second kappa shape index (κ2) is 4.67. The summed E-state index contributed by atoms with van der Waals surface area (Å²) in [5.41, 5.74) is 1.92. The summed E-state index contributed by atoms with van der Waals surface area (Å²) in [6.07, 6.45) is 1.77. The molecule has 17 heavy (non-hydrogen) atoms. The van der Waals surface area contributed by atoms with E-state index in [4.69, 9.17) is 5.26 Å². The van der Waals surface area contributed by atoms with Crippen LogP contribution in [0.5, 0.6) is 0 Å². The van der Waals surface area contributed by atoms with Gasteiger partial charge in [0.15, 0.2) is 0 Å². The Hall–Kier alpha value is -2.34. The minimum absolute atomic E-state index is 0.195. The third kappa shape index (κ3) is 2.43. The van der Waals surface area contributed by atoms with Gasteiger partial charge in [-0.3, -0.25) is 4.79 Å². The maximum atomic E-state index is 11.9. The summed E-state index contributed by atoms with van der Waals surface area (Å²) in [7, 11) is 0. The zero-order valence-corrected chi connectivity index (χ0v) is 9.55. The van der Waals surface area contributed by atoms with Crippen molar-refractivity contribution in [1.29, 1.82) is 5.26 Å². The Morgan fingerprint density at radius 3 is 2.65 bits per heavy atom. The maximum Gasteiger partial charge on any atom is 0.268 e. The van der Waals surface area contributed by atoms with Crippen LogP contribution in [0.2, 0.25) is 0 Å². The largest absolute Gasteiger partial charge is 0.310 e. The van der Waals surface area contributed by atoms with Crippen molar-refractivity contribution < 1.29 is 0 Å². The van der Waals surface area contributed by atoms with E-state index in [0.29, 0.717) is 6.54 Å². The van der Waals surface area contributed by atoms with Crippen LogP contribution in [0.4, 0.5) is 0 Å². The molecule has 0 N–H and O–H groups in total. The van der Waals surface area contributed by atoms with Gasteiger partial charge in [0.2, 0.25) is 0 Å². The summed E-state index contributed by atoms with van der Waals surface area (Å²) >= 11 is 0. The first-order chi connectivity index (χ1) is 8.20. The van der Waals surface area contributed by atoms with E-state index in [9.17, 15) is 4.79 Å². The van der Waals surface area contributed by atoms with Crippen LogP contribution < -0.4 is 5.56 Å². The molecule has 1 aromatic carbocycles. The predicted octanol–water partition coefficient (Wildman–Crippen LogP) is 2.08. The molecule has 0 atom stereocenters. The Labute approximate surface area is 99.6 Å². The zero-order valence-electron chi connectivity index (χ0n) is 9.55. The number of nitrogens with zero attached hydrogens (tertiary/aromatic N) is 2. The fraction of sp³-hybridized carbons (Fsp3) is 0.143. The van der Waals surface area contributed by atoms with Crippen LogP contribution in [0.1, 0.15) is 16.7 Å². The molecule has 0 fully saturated rings. The van der Waals surface area contributed by atoms with Gasteiger partial charge in [0.25, 0.3) is 5.56 Å². The number of hydrogen-bond acceptors (Lipinski definition) is 2. The number of benzene rings is 1. The van der Waals surface area contributed by atoms with Gasteiger partial charge in [0.1, 0.15) is 11.6 Å². The molecule has 0 unspecified atom stereocenters. The molecule has 0 aliphatic rings. The van der Waals surface area contributed by atoms with Gasteiger partial charge in [-0.25, -0.2) is 0 Å². The van der Waals surface area contributed by atoms with E-state index < -0.39 is 0 Å². The topological polar surface area (TPSA) is 45.8 Å². The lowest BCUT2D eigenvalue weighted by Gasteiger charge is -2.07. The molecule has 0 bridgehead atoms. The molecule has 2 aromatic rings. The van der Waals surface area contributed by atoms with Gasteiger partial charge in [0.05, 0.1) is 6.54 Å². The summed E-state index contributed by atoms with van der Waals surface area (Å²) in [5.74, 6) is 0. The fourth-order valence-corrected chi connectivity index (χ4v) is 1.76. The highest BCUT2D eigenvalue weighted by Crippen LogP contribution is 2.03. The molecule has 2 rings (SSSR count). The third-order valence-corrected chi connectivity index (χ3v) is 2.54. The number of hydrogen-bond donors (Lipinski definition) is 0. The van der Waals surface area contributed by atoms with Gasteiger partial charge in [-0.2, -0.15) is 5.26 Å². The maximum absolute atomic E-state index is 11.9. The molecule has 0 saturated carbocycles. The molecular weight excluding hydrogens is 212 g/mol. The molecule has 84 valence electrons. The quantitative estimate of drug-likeness (QED) is 0.784. The first-order valence-corrected chi connectivity index (χ1v) is 5.36. The number of aromatic nitrogens is 1. The van der Waals surface area contributed by atoms with E-state index in [-0.39, 0.29) is 11.1 Å². The number of aryl methyl sites for hydroxylation is 1. The fourth-order valence-electron chi connectivity index (χ4n) is 1.76. The lowest BCUT2D eigenvalue weighted by atomic mass is 10.2.